The zero-order chi connectivity index (χ0) is 15.4. The Morgan fingerprint density at radius 1 is 1.18 bits per heavy atom. The Kier molecular flexibility index (Phi) is 4.10. The van der Waals surface area contributed by atoms with E-state index in [0.717, 1.165) is 28.6 Å². The van der Waals surface area contributed by atoms with Crippen LogP contribution in [-0.2, 0) is 6.42 Å². The van der Waals surface area contributed by atoms with E-state index in [-0.39, 0.29) is 5.91 Å². The highest BCUT2D eigenvalue weighted by atomic mass is 16.5. The second-order valence-corrected chi connectivity index (χ2v) is 5.10. The third kappa shape index (κ3) is 2.96. The Morgan fingerprint density at radius 3 is 2.91 bits per heavy atom. The summed E-state index contributed by atoms with van der Waals surface area (Å²) < 4.78 is 5.20. The van der Waals surface area contributed by atoms with Crippen molar-refractivity contribution in [1.82, 2.24) is 10.3 Å². The number of ether oxygens (including phenoxy) is 1. The van der Waals surface area contributed by atoms with Gasteiger partial charge in [0.2, 0.25) is 0 Å². The van der Waals surface area contributed by atoms with Crippen LogP contribution in [0.3, 0.4) is 0 Å². The average Bonchev–Trinajstić information content (AvgIpc) is 3.03. The number of amides is 1. The van der Waals surface area contributed by atoms with Crippen molar-refractivity contribution in [2.75, 3.05) is 13.7 Å². The van der Waals surface area contributed by atoms with Crippen LogP contribution in [0.25, 0.3) is 10.9 Å². The molecule has 0 aliphatic carbocycles. The van der Waals surface area contributed by atoms with E-state index in [0.29, 0.717) is 12.1 Å². The van der Waals surface area contributed by atoms with E-state index in [1.54, 1.807) is 7.11 Å². The van der Waals surface area contributed by atoms with E-state index in [9.17, 15) is 4.79 Å². The molecule has 4 nitrogen and oxygen atoms in total. The molecule has 2 N–H and O–H groups in total. The number of carbonyl (C=O) groups excluding carboxylic acids is 1. The van der Waals surface area contributed by atoms with E-state index in [1.807, 2.05) is 54.7 Å². The molecular weight excluding hydrogens is 276 g/mol. The molecule has 1 amide bonds. The summed E-state index contributed by atoms with van der Waals surface area (Å²) in [5, 5.41) is 3.92. The van der Waals surface area contributed by atoms with Gasteiger partial charge in [-0.15, -0.1) is 0 Å². The molecule has 0 saturated heterocycles. The molecule has 3 rings (SSSR count). The van der Waals surface area contributed by atoms with Crippen molar-refractivity contribution >= 4 is 16.8 Å². The van der Waals surface area contributed by atoms with Crippen molar-refractivity contribution < 1.29 is 9.53 Å². The summed E-state index contributed by atoms with van der Waals surface area (Å²) in [5.74, 6) is 0.786. The molecular formula is C18H18N2O2. The van der Waals surface area contributed by atoms with E-state index in [1.165, 1.54) is 0 Å². The van der Waals surface area contributed by atoms with Gasteiger partial charge in [0.25, 0.3) is 5.91 Å². The Balaban J connectivity index is 1.64. The maximum absolute atomic E-state index is 12.3. The third-order valence-corrected chi connectivity index (χ3v) is 3.67. The second-order valence-electron chi connectivity index (χ2n) is 5.10. The van der Waals surface area contributed by atoms with Gasteiger partial charge in [0.1, 0.15) is 5.75 Å². The first-order valence-corrected chi connectivity index (χ1v) is 7.25. The summed E-state index contributed by atoms with van der Waals surface area (Å²) in [6.45, 7) is 0.590. The first-order valence-electron chi connectivity index (χ1n) is 7.25. The molecule has 0 bridgehead atoms. The standard InChI is InChI=1S/C18H18N2O2/c1-22-14-5-2-4-13(12-14)8-10-20-18(21)16-6-3-7-17-15(16)9-11-19-17/h2-7,9,11-12,19H,8,10H2,1H3,(H,20,21). The minimum Gasteiger partial charge on any atom is -0.497 e. The third-order valence-electron chi connectivity index (χ3n) is 3.67. The zero-order valence-corrected chi connectivity index (χ0v) is 12.4. The zero-order valence-electron chi connectivity index (χ0n) is 12.4. The minimum atomic E-state index is -0.0481. The fraction of sp³-hybridized carbons (Fsp3) is 0.167. The van der Waals surface area contributed by atoms with Gasteiger partial charge in [-0.2, -0.15) is 0 Å². The fourth-order valence-electron chi connectivity index (χ4n) is 2.53. The van der Waals surface area contributed by atoms with Crippen LogP contribution in [0.1, 0.15) is 15.9 Å². The van der Waals surface area contributed by atoms with Crippen LogP contribution in [-0.4, -0.2) is 24.5 Å². The monoisotopic (exact) mass is 294 g/mol. The van der Waals surface area contributed by atoms with Crippen molar-refractivity contribution in [3.63, 3.8) is 0 Å². The van der Waals surface area contributed by atoms with Crippen LogP contribution in [0.15, 0.2) is 54.7 Å². The van der Waals surface area contributed by atoms with Gasteiger partial charge in [0, 0.05) is 29.2 Å². The van der Waals surface area contributed by atoms with Gasteiger partial charge in [-0.25, -0.2) is 0 Å². The highest BCUT2D eigenvalue weighted by Crippen LogP contribution is 2.17. The minimum absolute atomic E-state index is 0.0481. The molecule has 0 spiro atoms. The van der Waals surface area contributed by atoms with Gasteiger partial charge < -0.3 is 15.0 Å². The summed E-state index contributed by atoms with van der Waals surface area (Å²) in [6, 6.07) is 15.5. The molecule has 1 aromatic heterocycles. The SMILES string of the molecule is COc1cccc(CCNC(=O)c2cccc3[nH]ccc23)c1. The average molecular weight is 294 g/mol. The smallest absolute Gasteiger partial charge is 0.251 e. The predicted molar refractivity (Wildman–Crippen MR) is 87.3 cm³/mol. The fourth-order valence-corrected chi connectivity index (χ4v) is 2.53. The molecule has 3 aromatic rings. The highest BCUT2D eigenvalue weighted by molar-refractivity contribution is 6.06. The van der Waals surface area contributed by atoms with Crippen molar-refractivity contribution in [2.24, 2.45) is 0 Å². The van der Waals surface area contributed by atoms with Crippen LogP contribution in [0.2, 0.25) is 0 Å². The van der Waals surface area contributed by atoms with Crippen molar-refractivity contribution in [1.29, 1.82) is 0 Å². The molecule has 4 heteroatoms. The van der Waals surface area contributed by atoms with Gasteiger partial charge in [-0.05, 0) is 42.3 Å². The number of H-pyrrole nitrogens is 1. The second kappa shape index (κ2) is 6.35. The molecule has 2 aromatic carbocycles. The quantitative estimate of drug-likeness (QED) is 0.759. The summed E-state index contributed by atoms with van der Waals surface area (Å²) in [7, 11) is 1.65. The molecule has 0 saturated carbocycles. The lowest BCUT2D eigenvalue weighted by atomic mass is 10.1. The molecule has 0 fully saturated rings. The molecule has 1 heterocycles. The number of aromatic nitrogens is 1. The summed E-state index contributed by atoms with van der Waals surface area (Å²) >= 11 is 0. The van der Waals surface area contributed by atoms with Crippen molar-refractivity contribution in [2.45, 2.75) is 6.42 Å². The lowest BCUT2D eigenvalue weighted by Gasteiger charge is -2.07. The molecule has 0 aliphatic heterocycles. The normalized spacial score (nSPS) is 10.6. The molecule has 0 atom stereocenters. The first-order chi connectivity index (χ1) is 10.8. The maximum Gasteiger partial charge on any atom is 0.251 e. The van der Waals surface area contributed by atoms with E-state index in [4.69, 9.17) is 4.74 Å². The van der Waals surface area contributed by atoms with Gasteiger partial charge in [0.15, 0.2) is 0 Å². The molecule has 0 aliphatic rings. The lowest BCUT2D eigenvalue weighted by Crippen LogP contribution is -2.25. The summed E-state index contributed by atoms with van der Waals surface area (Å²) in [4.78, 5) is 15.4. The van der Waals surface area contributed by atoms with Gasteiger partial charge >= 0.3 is 0 Å². The van der Waals surface area contributed by atoms with Gasteiger partial charge in [0.05, 0.1) is 7.11 Å². The number of nitrogens with one attached hydrogen (secondary N) is 2. The topological polar surface area (TPSA) is 54.1 Å². The highest BCUT2D eigenvalue weighted by Gasteiger charge is 2.09. The number of methoxy groups -OCH3 is 1. The number of rotatable bonds is 5. The number of benzene rings is 2. The Bertz CT molecular complexity index is 792. The summed E-state index contributed by atoms with van der Waals surface area (Å²) in [5.41, 5.74) is 2.81. The number of hydrogen-bond donors (Lipinski definition) is 2. The van der Waals surface area contributed by atoms with E-state index < -0.39 is 0 Å². The number of aromatic amines is 1. The van der Waals surface area contributed by atoms with Crippen LogP contribution in [0.4, 0.5) is 0 Å². The largest absolute Gasteiger partial charge is 0.497 e. The van der Waals surface area contributed by atoms with E-state index in [2.05, 4.69) is 10.3 Å². The number of carbonyl (C=O) groups is 1. The molecule has 0 unspecified atom stereocenters. The van der Waals surface area contributed by atoms with E-state index >= 15 is 0 Å². The van der Waals surface area contributed by atoms with Crippen LogP contribution in [0.5, 0.6) is 5.75 Å². The molecule has 22 heavy (non-hydrogen) atoms. The Hall–Kier alpha value is -2.75. The maximum atomic E-state index is 12.3. The van der Waals surface area contributed by atoms with Crippen LogP contribution in [0, 0.1) is 0 Å². The number of fused-ring (bicyclic) bond motifs is 1. The first kappa shape index (κ1) is 14.2. The lowest BCUT2D eigenvalue weighted by molar-refractivity contribution is 0.0956. The Labute approximate surface area is 129 Å². The van der Waals surface area contributed by atoms with Crippen molar-refractivity contribution in [3.8, 4) is 5.75 Å². The number of hydrogen-bond acceptors (Lipinski definition) is 2. The van der Waals surface area contributed by atoms with Crippen LogP contribution < -0.4 is 10.1 Å². The van der Waals surface area contributed by atoms with Gasteiger partial charge in [-0.3, -0.25) is 4.79 Å². The predicted octanol–water partition coefficient (Wildman–Crippen LogP) is 3.15. The summed E-state index contributed by atoms with van der Waals surface area (Å²) in [6.07, 6.45) is 2.61. The van der Waals surface area contributed by atoms with Gasteiger partial charge in [-0.1, -0.05) is 18.2 Å². The van der Waals surface area contributed by atoms with Crippen LogP contribution >= 0.6 is 0 Å². The van der Waals surface area contributed by atoms with Crippen molar-refractivity contribution in [3.05, 3.63) is 65.9 Å². The Morgan fingerprint density at radius 2 is 2.05 bits per heavy atom. The molecule has 0 radical (unpaired) electrons. The molecule has 112 valence electrons.